The quantitative estimate of drug-likeness (QED) is 0.0104. The highest BCUT2D eigenvalue weighted by molar-refractivity contribution is 6.17. The summed E-state index contributed by atoms with van der Waals surface area (Å²) in [4.78, 5) is 101. The molecule has 0 saturated carbocycles. The number of nitrogens with two attached hydrogens (primary N) is 1. The Kier molecular flexibility index (Phi) is 25.5. The van der Waals surface area contributed by atoms with E-state index >= 15 is 4.79 Å². The van der Waals surface area contributed by atoms with Crippen molar-refractivity contribution in [2.75, 3.05) is 64.7 Å². The number of phenols is 1. The van der Waals surface area contributed by atoms with Crippen LogP contribution in [0.25, 0.3) is 38.7 Å². The van der Waals surface area contributed by atoms with Crippen molar-refractivity contribution >= 4 is 79.7 Å². The number of aromatic hydroxyl groups is 1. The van der Waals surface area contributed by atoms with Crippen LogP contribution >= 0.6 is 0 Å². The molecule has 5 aromatic rings. The van der Waals surface area contributed by atoms with Crippen LogP contribution in [0, 0.1) is 36.5 Å². The minimum Gasteiger partial charge on any atom is -0.507 e. The number of fused-ring (bicyclic) bond motifs is 5. The van der Waals surface area contributed by atoms with E-state index in [0.717, 1.165) is 5.56 Å². The molecule has 0 saturated heterocycles. The number of aromatic nitrogens is 1. The van der Waals surface area contributed by atoms with Gasteiger partial charge in [0, 0.05) is 97.6 Å². The summed E-state index contributed by atoms with van der Waals surface area (Å²) in [7, 11) is 5.36. The fourth-order valence-corrected chi connectivity index (χ4v) is 12.0. The molecule has 0 radical (unpaired) electrons. The van der Waals surface area contributed by atoms with Gasteiger partial charge in [-0.15, -0.1) is 0 Å². The molecule has 5 bridgehead atoms. The highest BCUT2D eigenvalue weighted by Gasteiger charge is 2.45. The van der Waals surface area contributed by atoms with Crippen molar-refractivity contribution in [3.05, 3.63) is 109 Å². The summed E-state index contributed by atoms with van der Waals surface area (Å²) in [5.74, 6) is -9.14. The lowest BCUT2D eigenvalue weighted by molar-refractivity contribution is -0.903. The largest absolute Gasteiger partial charge is 0.507 e. The van der Waals surface area contributed by atoms with Crippen LogP contribution in [-0.2, 0) is 49.5 Å². The molecule has 97 heavy (non-hydrogen) atoms. The molecule has 12 atom stereocenters. The first kappa shape index (κ1) is 75.8. The summed E-state index contributed by atoms with van der Waals surface area (Å²) < 4.78 is 42.5. The highest BCUT2D eigenvalue weighted by atomic mass is 16.7. The number of anilines is 2. The van der Waals surface area contributed by atoms with Gasteiger partial charge in [-0.25, -0.2) is 4.98 Å². The molecule has 12 N–H and O–H groups in total. The number of nitrogens with zero attached hydrogens (tertiary/aromatic N) is 2. The Bertz CT molecular complexity index is 3980. The van der Waals surface area contributed by atoms with Crippen molar-refractivity contribution in [1.82, 2.24) is 20.9 Å². The Morgan fingerprint density at radius 2 is 1.61 bits per heavy atom. The number of carbonyl (C=O) groups is 5. The molecule has 1 aromatic heterocycles. The van der Waals surface area contributed by atoms with E-state index in [4.69, 9.17) is 43.6 Å². The van der Waals surface area contributed by atoms with Crippen molar-refractivity contribution < 1.29 is 86.8 Å². The number of likely N-dealkylation sites (N-methyl/N-ethyl adjacent to an activating group) is 1. The predicted molar refractivity (Wildman–Crippen MR) is 364 cm³/mol. The Labute approximate surface area is 562 Å². The van der Waals surface area contributed by atoms with Gasteiger partial charge in [-0.05, 0) is 64.3 Å². The summed E-state index contributed by atoms with van der Waals surface area (Å²) in [6.07, 6.45) is 2.51. The topological polar surface area (TPSA) is 388 Å². The van der Waals surface area contributed by atoms with E-state index in [2.05, 4.69) is 26.6 Å². The Morgan fingerprint density at radius 1 is 0.907 bits per heavy atom. The van der Waals surface area contributed by atoms with E-state index in [1.54, 1.807) is 59.8 Å². The van der Waals surface area contributed by atoms with Crippen LogP contribution in [0.2, 0.25) is 0 Å². The second kappa shape index (κ2) is 32.7. The maximum absolute atomic E-state index is 15.1. The van der Waals surface area contributed by atoms with Crippen molar-refractivity contribution in [3.8, 4) is 17.2 Å². The fourth-order valence-electron chi connectivity index (χ4n) is 12.0. The number of nitrogens with one attached hydrogen (secondary N) is 5. The lowest BCUT2D eigenvalue weighted by atomic mass is 9.78. The van der Waals surface area contributed by atoms with Gasteiger partial charge in [0.1, 0.15) is 66.3 Å². The smallest absolute Gasteiger partial charge is 0.307 e. The van der Waals surface area contributed by atoms with Crippen molar-refractivity contribution in [3.63, 3.8) is 0 Å². The van der Waals surface area contributed by atoms with Crippen LogP contribution in [0.4, 0.5) is 11.4 Å². The molecule has 4 amide bonds. The number of methoxy groups -OCH3 is 1. The Hall–Kier alpha value is -8.54. The molecule has 528 valence electrons. The van der Waals surface area contributed by atoms with E-state index in [-0.39, 0.29) is 99.9 Å². The number of benzene rings is 4. The van der Waals surface area contributed by atoms with Gasteiger partial charge >= 0.3 is 11.8 Å². The number of phenolic OH excluding ortho intramolecular Hbond substituents is 1. The van der Waals surface area contributed by atoms with E-state index in [0.29, 0.717) is 36.3 Å². The number of quaternary nitrogens is 1. The third-order valence-corrected chi connectivity index (χ3v) is 17.8. The van der Waals surface area contributed by atoms with Gasteiger partial charge in [-0.3, -0.25) is 44.6 Å². The zero-order valence-corrected chi connectivity index (χ0v) is 57.6. The summed E-state index contributed by atoms with van der Waals surface area (Å²) in [5, 5.41) is 70.1. The third-order valence-electron chi connectivity index (χ3n) is 17.8. The van der Waals surface area contributed by atoms with Gasteiger partial charge in [0.05, 0.1) is 55.9 Å². The van der Waals surface area contributed by atoms with Crippen LogP contribution in [0.5, 0.6) is 17.2 Å². The zero-order chi connectivity index (χ0) is 71.5. The number of rotatable bonds is 23. The number of esters is 1. The molecular formula is C70H95N8O19+. The van der Waals surface area contributed by atoms with Gasteiger partial charge < -0.3 is 84.1 Å². The molecule has 4 aromatic carbocycles. The summed E-state index contributed by atoms with van der Waals surface area (Å²) >= 11 is 0. The molecule has 7 rings (SSSR count). The second-order valence-corrected chi connectivity index (χ2v) is 26.2. The molecule has 0 spiro atoms. The summed E-state index contributed by atoms with van der Waals surface area (Å²) in [5.41, 5.74) is 3.77. The number of hydrogen-bond donors (Lipinski definition) is 11. The SMILES string of the molecule is CCOCCC(=O)N[C@H](C(=O)N[C@@H](CCCNC(N)O)C(=O)Nc1ccc(C[N+](C)(C)CCOc2cc(=O)c3nc4c(oc3c2)c2c(=O)c3c(O)c(C)c5c(c34)=C(O)[C@@](C)(O/C=C/[C@H](OC)[C@@H](C)[C@@H](OC(C)=O)[C@H](C)[C@H](O)[C@H](C)[C@@H](O)[C@@H](C)/C=C/C=C(/C)C(=O)N2)O5)cc1)C(C)C. The monoisotopic (exact) mass is 1350 g/mol. The standard InChI is InChI=1S/C70H94N8O19/c1-15-92-29-26-50(81)75-54(35(2)3)68(89)74-46(20-17-27-72-69(71)90)67(88)73-44-23-21-43(22-24-44)34-78(12,13)28-31-93-45-32-47(80)55-49(33-45)96-64-56(76-55)51-52-60(84)41(9)63-53(51)65(86)70(11,97-63)94-30-25-48(91-14)38(6)62(95-42(10)79)40(8)59(83)39(7)58(82)36(4)18-16-19-37(5)66(87)77-57(64)61(52)85/h16,18-19,21-25,30,32-33,35-36,38-40,46,48,54,58-59,62,69,72,82-83,90H,15,17,20,26-29,31,34,71H2,1-14H3,(H5-,73,74,75,76,77,80,81,84,85,86,87,88,89)/p+1/b18-16+,30-25+,37-19-/t36-,38+,39+,40+,46-,48-,54-,58-,59+,62+,69?,70-/m0/s1. The van der Waals surface area contributed by atoms with Gasteiger partial charge in [0.15, 0.2) is 28.8 Å². The number of amides is 4. The van der Waals surface area contributed by atoms with Crippen LogP contribution in [0.1, 0.15) is 99.6 Å². The van der Waals surface area contributed by atoms with Crippen LogP contribution < -0.4 is 57.9 Å². The van der Waals surface area contributed by atoms with Crippen molar-refractivity contribution in [2.45, 2.75) is 151 Å². The fraction of sp³-hybridized carbons (Fsp3) is 0.514. The second-order valence-electron chi connectivity index (χ2n) is 26.2. The van der Waals surface area contributed by atoms with Crippen molar-refractivity contribution in [2.24, 2.45) is 35.3 Å². The molecule has 2 aliphatic heterocycles. The highest BCUT2D eigenvalue weighted by Crippen LogP contribution is 2.42. The molecular weight excluding hydrogens is 1260 g/mol. The molecule has 3 heterocycles. The van der Waals surface area contributed by atoms with Gasteiger partial charge in [0.25, 0.3) is 5.91 Å². The van der Waals surface area contributed by atoms with E-state index in [1.165, 1.54) is 71.4 Å². The van der Waals surface area contributed by atoms with E-state index in [9.17, 15) is 54.3 Å². The van der Waals surface area contributed by atoms with Gasteiger partial charge in [-0.1, -0.05) is 71.9 Å². The average Bonchev–Trinajstić information content (AvgIpc) is 1.66. The van der Waals surface area contributed by atoms with Crippen molar-refractivity contribution in [1.29, 1.82) is 0 Å². The lowest BCUT2D eigenvalue weighted by Gasteiger charge is -2.38. The first-order chi connectivity index (χ1) is 45.7. The van der Waals surface area contributed by atoms with E-state index in [1.807, 2.05) is 33.2 Å². The molecule has 1 unspecified atom stereocenters. The summed E-state index contributed by atoms with van der Waals surface area (Å²) in [6.45, 7) is 19.6. The van der Waals surface area contributed by atoms with Gasteiger partial charge in [0.2, 0.25) is 28.6 Å². The molecule has 2 aliphatic rings. The minimum atomic E-state index is -2.06. The summed E-state index contributed by atoms with van der Waals surface area (Å²) in [6, 6.07) is 7.83. The van der Waals surface area contributed by atoms with Crippen LogP contribution in [0.15, 0.2) is 86.5 Å². The minimum absolute atomic E-state index is 0.00164. The zero-order valence-electron chi connectivity index (χ0n) is 57.6. The number of aliphatic hydroxyl groups excluding tert-OH is 4. The normalized spacial score (nSPS) is 24.0. The predicted octanol–water partition coefficient (Wildman–Crippen LogP) is 4.81. The van der Waals surface area contributed by atoms with Crippen LogP contribution in [-0.4, -0.2) is 167 Å². The maximum Gasteiger partial charge on any atom is 0.307 e. The average molecular weight is 1350 g/mol. The number of aliphatic hydroxyl groups is 4. The first-order valence-electron chi connectivity index (χ1n) is 32.5. The Balaban J connectivity index is 1.18. The third kappa shape index (κ3) is 18.2. The molecule has 27 nitrogen and oxygen atoms in total. The molecule has 0 aliphatic carbocycles. The number of ether oxygens (including phenoxy) is 6. The first-order valence-corrected chi connectivity index (χ1v) is 32.5. The lowest BCUT2D eigenvalue weighted by Crippen LogP contribution is -2.54. The number of hydrogen-bond acceptors (Lipinski definition) is 22. The molecule has 27 heteroatoms. The molecule has 0 fully saturated rings. The number of carbonyl (C=O) groups excluding carboxylic acids is 5. The Morgan fingerprint density at radius 3 is 2.26 bits per heavy atom. The van der Waals surface area contributed by atoms with Crippen LogP contribution in [0.3, 0.4) is 0 Å². The maximum atomic E-state index is 15.1. The van der Waals surface area contributed by atoms with E-state index < -0.39 is 129 Å². The van der Waals surface area contributed by atoms with Gasteiger partial charge in [-0.2, -0.15) is 0 Å². The number of allylic oxidation sites excluding steroid dienone is 2.